The normalized spacial score (nSPS) is 20.0. The number of hydrogen-bond donors (Lipinski definition) is 1. The highest BCUT2D eigenvalue weighted by atomic mass is 127. The first-order valence-electron chi connectivity index (χ1n) is 6.68. The maximum absolute atomic E-state index is 4.09. The fourth-order valence-electron chi connectivity index (χ4n) is 2.74. The van der Waals surface area contributed by atoms with E-state index in [0.29, 0.717) is 12.1 Å². The third-order valence-electron chi connectivity index (χ3n) is 3.74. The van der Waals surface area contributed by atoms with Crippen molar-refractivity contribution in [3.05, 3.63) is 49.5 Å². The summed E-state index contributed by atoms with van der Waals surface area (Å²) >= 11 is 4.39. The van der Waals surface area contributed by atoms with Crippen LogP contribution in [0, 0.1) is 2.88 Å². The van der Waals surface area contributed by atoms with Gasteiger partial charge in [-0.3, -0.25) is 4.98 Å². The van der Waals surface area contributed by atoms with Gasteiger partial charge < -0.3 is 5.32 Å². The van der Waals surface area contributed by atoms with Gasteiger partial charge in [-0.05, 0) is 78.1 Å². The largest absolute Gasteiger partial charge is 0.303 e. The Morgan fingerprint density at radius 2 is 2.21 bits per heavy atom. The molecule has 1 aliphatic carbocycles. The van der Waals surface area contributed by atoms with Crippen LogP contribution >= 0.6 is 33.9 Å². The fraction of sp³-hybridized carbons (Fsp3) is 0.400. The first-order valence-corrected chi connectivity index (χ1v) is 8.57. The summed E-state index contributed by atoms with van der Waals surface area (Å²) in [5, 5.41) is 3.78. The zero-order chi connectivity index (χ0) is 13.2. The summed E-state index contributed by atoms with van der Waals surface area (Å²) < 4.78 is 1.41. The Morgan fingerprint density at radius 3 is 3.00 bits per heavy atom. The number of rotatable bonds is 3. The molecule has 0 aliphatic heterocycles. The number of pyridine rings is 1. The van der Waals surface area contributed by atoms with E-state index in [1.807, 2.05) is 23.7 Å². The molecule has 2 aromatic rings. The lowest BCUT2D eigenvalue weighted by molar-refractivity contribution is 0.418. The van der Waals surface area contributed by atoms with Gasteiger partial charge in [0.05, 0.1) is 2.88 Å². The predicted molar refractivity (Wildman–Crippen MR) is 88.5 cm³/mol. The molecule has 0 aromatic carbocycles. The van der Waals surface area contributed by atoms with Crippen LogP contribution in [0.5, 0.6) is 0 Å². The Labute approximate surface area is 131 Å². The van der Waals surface area contributed by atoms with Crippen molar-refractivity contribution >= 4 is 33.9 Å². The summed E-state index contributed by atoms with van der Waals surface area (Å²) in [4.78, 5) is 5.67. The molecule has 0 fully saturated rings. The Bertz CT molecular complexity index is 553. The van der Waals surface area contributed by atoms with Crippen molar-refractivity contribution in [2.75, 3.05) is 0 Å². The van der Waals surface area contributed by atoms with E-state index in [1.165, 1.54) is 33.3 Å². The molecule has 1 N–H and O–H groups in total. The zero-order valence-electron chi connectivity index (χ0n) is 10.9. The Balaban J connectivity index is 1.77. The van der Waals surface area contributed by atoms with Gasteiger partial charge in [-0.25, -0.2) is 0 Å². The lowest BCUT2D eigenvalue weighted by Gasteiger charge is -2.27. The highest BCUT2D eigenvalue weighted by molar-refractivity contribution is 14.1. The quantitative estimate of drug-likeness (QED) is 0.790. The van der Waals surface area contributed by atoms with Crippen molar-refractivity contribution in [2.45, 2.75) is 38.3 Å². The highest BCUT2D eigenvalue weighted by Gasteiger charge is 2.23. The number of nitrogens with zero attached hydrogens (tertiary/aromatic N) is 1. The monoisotopic (exact) mass is 384 g/mol. The molecule has 0 radical (unpaired) electrons. The van der Waals surface area contributed by atoms with E-state index in [1.54, 1.807) is 4.88 Å². The second-order valence-corrected chi connectivity index (χ2v) is 8.07. The summed E-state index contributed by atoms with van der Waals surface area (Å²) in [5.41, 5.74) is 2.84. The number of thiophene rings is 1. The van der Waals surface area contributed by atoms with Crippen LogP contribution in [0.1, 0.15) is 47.9 Å². The number of nitrogens with one attached hydrogen (secondary N) is 1. The molecule has 0 saturated carbocycles. The Kier molecular flexibility index (Phi) is 4.19. The number of aryl methyl sites for hydroxylation is 1. The molecular formula is C15H17IN2S. The fourth-order valence-corrected chi connectivity index (χ4v) is 4.86. The van der Waals surface area contributed by atoms with Crippen LogP contribution in [0.15, 0.2) is 30.6 Å². The zero-order valence-corrected chi connectivity index (χ0v) is 13.9. The number of halogens is 1. The van der Waals surface area contributed by atoms with E-state index in [4.69, 9.17) is 0 Å². The van der Waals surface area contributed by atoms with Crippen molar-refractivity contribution in [2.24, 2.45) is 0 Å². The number of aromatic nitrogens is 1. The van der Waals surface area contributed by atoms with Crippen LogP contribution in [-0.2, 0) is 6.42 Å². The average Bonchev–Trinajstić information content (AvgIpc) is 2.81. The summed E-state index contributed by atoms with van der Waals surface area (Å²) in [7, 11) is 0. The van der Waals surface area contributed by atoms with Crippen LogP contribution in [0.3, 0.4) is 0 Å². The van der Waals surface area contributed by atoms with Gasteiger partial charge in [0.2, 0.25) is 0 Å². The van der Waals surface area contributed by atoms with E-state index in [0.717, 1.165) is 0 Å². The minimum atomic E-state index is 0.372. The maximum atomic E-state index is 4.09. The standard InChI is InChI=1S/C15H17IN2S/c1-10(11-5-7-17-8-6-11)18-13-3-2-4-14-12(13)9-15(16)19-14/h5-10,13,18H,2-4H2,1H3. The molecule has 0 saturated heterocycles. The molecule has 2 atom stereocenters. The lowest BCUT2D eigenvalue weighted by atomic mass is 9.93. The molecule has 19 heavy (non-hydrogen) atoms. The molecule has 2 unspecified atom stereocenters. The molecular weight excluding hydrogens is 367 g/mol. The number of hydrogen-bond acceptors (Lipinski definition) is 3. The lowest BCUT2D eigenvalue weighted by Crippen LogP contribution is -2.27. The summed E-state index contributed by atoms with van der Waals surface area (Å²) in [5.74, 6) is 0. The van der Waals surface area contributed by atoms with Crippen LogP contribution < -0.4 is 5.32 Å². The molecule has 4 heteroatoms. The van der Waals surface area contributed by atoms with Crippen molar-refractivity contribution < 1.29 is 0 Å². The van der Waals surface area contributed by atoms with E-state index >= 15 is 0 Å². The van der Waals surface area contributed by atoms with E-state index in [-0.39, 0.29) is 0 Å². The minimum absolute atomic E-state index is 0.372. The first kappa shape index (κ1) is 13.5. The van der Waals surface area contributed by atoms with Gasteiger partial charge in [0, 0.05) is 29.4 Å². The van der Waals surface area contributed by atoms with Gasteiger partial charge in [0.25, 0.3) is 0 Å². The summed E-state index contributed by atoms with van der Waals surface area (Å²) in [6, 6.07) is 7.43. The third kappa shape index (κ3) is 3.01. The Morgan fingerprint density at radius 1 is 1.42 bits per heavy atom. The van der Waals surface area contributed by atoms with Crippen LogP contribution in [0.25, 0.3) is 0 Å². The maximum Gasteiger partial charge on any atom is 0.0659 e. The van der Waals surface area contributed by atoms with E-state index in [2.05, 4.69) is 58.0 Å². The summed E-state index contributed by atoms with van der Waals surface area (Å²) in [6.07, 6.45) is 7.53. The molecule has 2 nitrogen and oxygen atoms in total. The van der Waals surface area contributed by atoms with Gasteiger partial charge in [-0.1, -0.05) is 0 Å². The average molecular weight is 384 g/mol. The smallest absolute Gasteiger partial charge is 0.0659 e. The second kappa shape index (κ2) is 5.89. The van der Waals surface area contributed by atoms with Gasteiger partial charge in [0.1, 0.15) is 0 Å². The van der Waals surface area contributed by atoms with Crippen LogP contribution in [0.2, 0.25) is 0 Å². The van der Waals surface area contributed by atoms with Crippen LogP contribution in [-0.4, -0.2) is 4.98 Å². The van der Waals surface area contributed by atoms with Crippen molar-refractivity contribution in [1.29, 1.82) is 0 Å². The molecule has 0 bridgehead atoms. The van der Waals surface area contributed by atoms with Gasteiger partial charge >= 0.3 is 0 Å². The second-order valence-electron chi connectivity index (χ2n) is 5.04. The molecule has 3 rings (SSSR count). The molecule has 1 aliphatic rings. The van der Waals surface area contributed by atoms with Gasteiger partial charge in [-0.15, -0.1) is 11.3 Å². The molecule has 2 heterocycles. The summed E-state index contributed by atoms with van der Waals surface area (Å²) in [6.45, 7) is 2.24. The van der Waals surface area contributed by atoms with Crippen molar-refractivity contribution in [3.8, 4) is 0 Å². The molecule has 0 spiro atoms. The third-order valence-corrected chi connectivity index (χ3v) is 5.71. The van der Waals surface area contributed by atoms with Crippen LogP contribution in [0.4, 0.5) is 0 Å². The van der Waals surface area contributed by atoms with Crippen molar-refractivity contribution in [3.63, 3.8) is 0 Å². The molecule has 100 valence electrons. The van der Waals surface area contributed by atoms with E-state index < -0.39 is 0 Å². The van der Waals surface area contributed by atoms with Gasteiger partial charge in [-0.2, -0.15) is 0 Å². The first-order chi connectivity index (χ1) is 9.24. The van der Waals surface area contributed by atoms with Crippen molar-refractivity contribution in [1.82, 2.24) is 10.3 Å². The number of fused-ring (bicyclic) bond motifs is 1. The molecule has 0 amide bonds. The predicted octanol–water partition coefficient (Wildman–Crippen LogP) is 4.48. The van der Waals surface area contributed by atoms with E-state index in [9.17, 15) is 0 Å². The topological polar surface area (TPSA) is 24.9 Å². The minimum Gasteiger partial charge on any atom is -0.303 e. The highest BCUT2D eigenvalue weighted by Crippen LogP contribution is 2.37. The molecule has 2 aromatic heterocycles. The van der Waals surface area contributed by atoms with Gasteiger partial charge in [0.15, 0.2) is 0 Å². The Hall–Kier alpha value is -0.460. The SMILES string of the molecule is CC(NC1CCCc2sc(I)cc21)c1ccncc1.